The van der Waals surface area contributed by atoms with Crippen LogP contribution in [0.4, 0.5) is 0 Å². The maximum absolute atomic E-state index is 5.45. The Labute approximate surface area is 103 Å². The summed E-state index contributed by atoms with van der Waals surface area (Å²) in [5.74, 6) is 1.14. The fourth-order valence-corrected chi connectivity index (χ4v) is 2.63. The van der Waals surface area contributed by atoms with Gasteiger partial charge in [0.25, 0.3) is 0 Å². The fraction of sp³-hybridized carbons (Fsp3) is 0.769. The van der Waals surface area contributed by atoms with Gasteiger partial charge in [0, 0.05) is 51.0 Å². The van der Waals surface area contributed by atoms with E-state index in [1.807, 2.05) is 19.4 Å². The largest absolute Gasteiger partial charge is 0.381 e. The maximum atomic E-state index is 5.45. The van der Waals surface area contributed by atoms with Crippen molar-refractivity contribution >= 4 is 0 Å². The number of aryl methyl sites for hydroxylation is 1. The van der Waals surface area contributed by atoms with Crippen LogP contribution in [0.5, 0.6) is 0 Å². The fourth-order valence-electron chi connectivity index (χ4n) is 2.63. The number of hydrogen-bond acceptors (Lipinski definition) is 3. The zero-order chi connectivity index (χ0) is 12.5. The Morgan fingerprint density at radius 1 is 1.59 bits per heavy atom. The first-order valence-electron chi connectivity index (χ1n) is 6.28. The van der Waals surface area contributed by atoms with E-state index in [2.05, 4.69) is 28.7 Å². The van der Waals surface area contributed by atoms with Gasteiger partial charge < -0.3 is 14.6 Å². The Kier molecular flexibility index (Phi) is 3.54. The SMILES string of the molecule is COC1CC(NCCc2nccn2C)C1(C)C. The van der Waals surface area contributed by atoms with Crippen molar-refractivity contribution in [3.05, 3.63) is 18.2 Å². The highest BCUT2D eigenvalue weighted by atomic mass is 16.5. The summed E-state index contributed by atoms with van der Waals surface area (Å²) in [7, 11) is 3.84. The first-order chi connectivity index (χ1) is 8.05. The molecule has 1 saturated carbocycles. The monoisotopic (exact) mass is 237 g/mol. The molecule has 1 aromatic heterocycles. The normalized spacial score (nSPS) is 26.8. The van der Waals surface area contributed by atoms with E-state index >= 15 is 0 Å². The molecule has 4 heteroatoms. The van der Waals surface area contributed by atoms with Gasteiger partial charge in [0.1, 0.15) is 5.82 Å². The highest BCUT2D eigenvalue weighted by molar-refractivity contribution is 5.03. The van der Waals surface area contributed by atoms with Crippen LogP contribution in [-0.4, -0.2) is 35.4 Å². The van der Waals surface area contributed by atoms with Crippen molar-refractivity contribution in [2.75, 3.05) is 13.7 Å². The van der Waals surface area contributed by atoms with Crippen LogP contribution in [0.3, 0.4) is 0 Å². The molecule has 0 saturated heterocycles. The van der Waals surface area contributed by atoms with Crippen LogP contribution in [-0.2, 0) is 18.2 Å². The van der Waals surface area contributed by atoms with Crippen molar-refractivity contribution in [3.63, 3.8) is 0 Å². The zero-order valence-corrected chi connectivity index (χ0v) is 11.2. The smallest absolute Gasteiger partial charge is 0.109 e. The van der Waals surface area contributed by atoms with E-state index in [1.54, 1.807) is 7.11 Å². The van der Waals surface area contributed by atoms with E-state index in [-0.39, 0.29) is 5.41 Å². The number of ether oxygens (including phenoxy) is 1. The number of imidazole rings is 1. The second-order valence-electron chi connectivity index (χ2n) is 5.49. The Morgan fingerprint density at radius 3 is 2.88 bits per heavy atom. The molecule has 1 heterocycles. The summed E-state index contributed by atoms with van der Waals surface area (Å²) in [4.78, 5) is 4.32. The van der Waals surface area contributed by atoms with Gasteiger partial charge in [-0.3, -0.25) is 0 Å². The molecular formula is C13H23N3O. The van der Waals surface area contributed by atoms with Gasteiger partial charge in [-0.05, 0) is 6.42 Å². The van der Waals surface area contributed by atoms with Gasteiger partial charge in [0.2, 0.25) is 0 Å². The first-order valence-corrected chi connectivity index (χ1v) is 6.28. The summed E-state index contributed by atoms with van der Waals surface area (Å²) in [6.07, 6.45) is 6.33. The van der Waals surface area contributed by atoms with Crippen LogP contribution in [0.25, 0.3) is 0 Å². The van der Waals surface area contributed by atoms with Gasteiger partial charge in [-0.2, -0.15) is 0 Å². The summed E-state index contributed by atoms with van der Waals surface area (Å²) in [5.41, 5.74) is 0.246. The molecular weight excluding hydrogens is 214 g/mol. The van der Waals surface area contributed by atoms with Gasteiger partial charge in [0.15, 0.2) is 0 Å². The van der Waals surface area contributed by atoms with Gasteiger partial charge >= 0.3 is 0 Å². The van der Waals surface area contributed by atoms with Crippen LogP contribution in [0, 0.1) is 5.41 Å². The second-order valence-corrected chi connectivity index (χ2v) is 5.49. The lowest BCUT2D eigenvalue weighted by atomic mass is 9.64. The van der Waals surface area contributed by atoms with Crippen LogP contribution in [0.2, 0.25) is 0 Å². The quantitative estimate of drug-likeness (QED) is 0.840. The summed E-state index contributed by atoms with van der Waals surface area (Å²) in [6, 6.07) is 0.563. The molecule has 1 N–H and O–H groups in total. The van der Waals surface area contributed by atoms with Gasteiger partial charge in [-0.25, -0.2) is 4.98 Å². The molecule has 1 aromatic rings. The number of methoxy groups -OCH3 is 1. The molecule has 4 nitrogen and oxygen atoms in total. The van der Waals surface area contributed by atoms with Crippen LogP contribution in [0.15, 0.2) is 12.4 Å². The molecule has 0 aliphatic heterocycles. The molecule has 1 aliphatic carbocycles. The van der Waals surface area contributed by atoms with Crippen LogP contribution >= 0.6 is 0 Å². The first kappa shape index (κ1) is 12.6. The van der Waals surface area contributed by atoms with E-state index in [0.29, 0.717) is 12.1 Å². The van der Waals surface area contributed by atoms with E-state index in [0.717, 1.165) is 25.2 Å². The Morgan fingerprint density at radius 2 is 2.35 bits per heavy atom. The second kappa shape index (κ2) is 4.78. The number of hydrogen-bond donors (Lipinski definition) is 1. The predicted octanol–water partition coefficient (Wildman–Crippen LogP) is 1.37. The van der Waals surface area contributed by atoms with Crippen molar-refractivity contribution in [1.82, 2.24) is 14.9 Å². The van der Waals surface area contributed by atoms with Crippen molar-refractivity contribution in [2.24, 2.45) is 12.5 Å². The molecule has 1 aliphatic rings. The molecule has 2 atom stereocenters. The molecule has 0 amide bonds. The standard InChI is InChI=1S/C13H23N3O/c1-13(2)10(9-11(13)17-4)14-6-5-12-15-7-8-16(12)3/h7-8,10-11,14H,5-6,9H2,1-4H3. The Bertz CT molecular complexity index is 372. The third kappa shape index (κ3) is 2.38. The minimum Gasteiger partial charge on any atom is -0.381 e. The summed E-state index contributed by atoms with van der Waals surface area (Å²) >= 11 is 0. The average Bonchev–Trinajstić information content (AvgIpc) is 2.68. The van der Waals surface area contributed by atoms with Crippen LogP contribution in [0.1, 0.15) is 26.1 Å². The van der Waals surface area contributed by atoms with Crippen molar-refractivity contribution in [2.45, 2.75) is 38.8 Å². The molecule has 2 unspecified atom stereocenters. The number of rotatable bonds is 5. The highest BCUT2D eigenvalue weighted by Crippen LogP contribution is 2.42. The predicted molar refractivity (Wildman–Crippen MR) is 67.9 cm³/mol. The van der Waals surface area contributed by atoms with Gasteiger partial charge in [0.05, 0.1) is 6.10 Å². The Balaban J connectivity index is 1.76. The van der Waals surface area contributed by atoms with E-state index in [1.165, 1.54) is 0 Å². The summed E-state index contributed by atoms with van der Waals surface area (Å²) < 4.78 is 7.52. The average molecular weight is 237 g/mol. The van der Waals surface area contributed by atoms with Crippen molar-refractivity contribution < 1.29 is 4.74 Å². The van der Waals surface area contributed by atoms with Crippen LogP contribution < -0.4 is 5.32 Å². The summed E-state index contributed by atoms with van der Waals surface area (Å²) in [5, 5.41) is 3.61. The number of aromatic nitrogens is 2. The molecule has 17 heavy (non-hydrogen) atoms. The molecule has 2 rings (SSSR count). The lowest BCUT2D eigenvalue weighted by molar-refractivity contribution is -0.0971. The summed E-state index contributed by atoms with van der Waals surface area (Å²) in [6.45, 7) is 5.52. The molecule has 0 spiro atoms. The van der Waals surface area contributed by atoms with Crippen molar-refractivity contribution in [1.29, 1.82) is 0 Å². The van der Waals surface area contributed by atoms with E-state index < -0.39 is 0 Å². The molecule has 0 aromatic carbocycles. The molecule has 1 fully saturated rings. The third-order valence-electron chi connectivity index (χ3n) is 4.12. The number of nitrogens with one attached hydrogen (secondary N) is 1. The van der Waals surface area contributed by atoms with Crippen molar-refractivity contribution in [3.8, 4) is 0 Å². The van der Waals surface area contributed by atoms with Gasteiger partial charge in [-0.15, -0.1) is 0 Å². The number of nitrogens with zero attached hydrogens (tertiary/aromatic N) is 2. The lowest BCUT2D eigenvalue weighted by Gasteiger charge is -2.51. The van der Waals surface area contributed by atoms with E-state index in [9.17, 15) is 0 Å². The molecule has 0 radical (unpaired) electrons. The highest BCUT2D eigenvalue weighted by Gasteiger charge is 2.47. The third-order valence-corrected chi connectivity index (χ3v) is 4.12. The lowest BCUT2D eigenvalue weighted by Crippen LogP contribution is -2.60. The van der Waals surface area contributed by atoms with E-state index in [4.69, 9.17) is 4.74 Å². The molecule has 96 valence electrons. The topological polar surface area (TPSA) is 39.1 Å². The van der Waals surface area contributed by atoms with Gasteiger partial charge in [-0.1, -0.05) is 13.8 Å². The maximum Gasteiger partial charge on any atom is 0.109 e. The zero-order valence-electron chi connectivity index (χ0n) is 11.2. The molecule has 0 bridgehead atoms. The minimum atomic E-state index is 0.246. The minimum absolute atomic E-state index is 0.246. The Hall–Kier alpha value is -0.870.